The van der Waals surface area contributed by atoms with Crippen LogP contribution in [0.25, 0.3) is 0 Å². The van der Waals surface area contributed by atoms with Crippen LogP contribution in [0.1, 0.15) is 41.2 Å². The number of nitrogens with zero attached hydrogens (tertiary/aromatic N) is 3. The van der Waals surface area contributed by atoms with Crippen LogP contribution >= 0.6 is 11.5 Å². The summed E-state index contributed by atoms with van der Waals surface area (Å²) >= 11 is 1.23. The number of nitrogens with one attached hydrogen (secondary N) is 2. The number of hydrogen-bond acceptors (Lipinski definition) is 6. The summed E-state index contributed by atoms with van der Waals surface area (Å²) in [6.07, 6.45) is 3.37. The molecule has 0 bridgehead atoms. The highest BCUT2D eigenvalue weighted by molar-refractivity contribution is 7.10. The molecule has 0 radical (unpaired) electrons. The minimum atomic E-state index is -0.189. The highest BCUT2D eigenvalue weighted by Gasteiger charge is 2.20. The lowest BCUT2D eigenvalue weighted by Crippen LogP contribution is -2.15. The molecule has 0 aliphatic heterocycles. The fourth-order valence-electron chi connectivity index (χ4n) is 2.61. The second-order valence-corrected chi connectivity index (χ2v) is 6.56. The van der Waals surface area contributed by atoms with Crippen molar-refractivity contribution in [3.63, 3.8) is 0 Å². The predicted octanol–water partition coefficient (Wildman–Crippen LogP) is 4.36. The van der Waals surface area contributed by atoms with Gasteiger partial charge in [0, 0.05) is 17.6 Å². The maximum absolute atomic E-state index is 12.9. The molecule has 1 aromatic carbocycles. The normalized spacial score (nSPS) is 10.6. The number of anilines is 3. The van der Waals surface area contributed by atoms with E-state index in [-0.39, 0.29) is 5.91 Å². The molecule has 0 aliphatic rings. The quantitative estimate of drug-likeness (QED) is 0.676. The van der Waals surface area contributed by atoms with Gasteiger partial charge < -0.3 is 10.6 Å². The van der Waals surface area contributed by atoms with E-state index in [2.05, 4.69) is 31.9 Å². The molecular weight excluding hydrogens is 346 g/mol. The van der Waals surface area contributed by atoms with Gasteiger partial charge in [-0.15, -0.1) is 0 Å². The van der Waals surface area contributed by atoms with Crippen molar-refractivity contribution in [2.24, 2.45) is 0 Å². The molecule has 3 aromatic rings. The van der Waals surface area contributed by atoms with Crippen LogP contribution in [-0.2, 0) is 12.8 Å². The van der Waals surface area contributed by atoms with E-state index >= 15 is 0 Å². The summed E-state index contributed by atoms with van der Waals surface area (Å²) in [6.45, 7) is 5.92. The van der Waals surface area contributed by atoms with E-state index in [9.17, 15) is 4.79 Å². The van der Waals surface area contributed by atoms with E-state index in [1.807, 2.05) is 44.2 Å². The van der Waals surface area contributed by atoms with Crippen molar-refractivity contribution < 1.29 is 4.79 Å². The van der Waals surface area contributed by atoms with Crippen molar-refractivity contribution in [1.29, 1.82) is 0 Å². The van der Waals surface area contributed by atoms with Gasteiger partial charge in [-0.3, -0.25) is 4.79 Å². The third-order valence-corrected chi connectivity index (χ3v) is 4.89. The molecule has 6 nitrogen and oxygen atoms in total. The number of aryl methyl sites for hydroxylation is 3. The summed E-state index contributed by atoms with van der Waals surface area (Å²) in [5.74, 6) is 0.280. The van der Waals surface area contributed by atoms with Crippen molar-refractivity contribution in [2.75, 3.05) is 10.6 Å². The Labute approximate surface area is 156 Å². The van der Waals surface area contributed by atoms with Gasteiger partial charge in [-0.2, -0.15) is 4.37 Å². The topological polar surface area (TPSA) is 79.8 Å². The highest BCUT2D eigenvalue weighted by Crippen LogP contribution is 2.28. The summed E-state index contributed by atoms with van der Waals surface area (Å²) in [5, 5.41) is 6.78. The zero-order valence-corrected chi connectivity index (χ0v) is 15.9. The summed E-state index contributed by atoms with van der Waals surface area (Å²) < 4.78 is 4.32. The largest absolute Gasteiger partial charge is 0.322 e. The van der Waals surface area contributed by atoms with Crippen molar-refractivity contribution in [3.8, 4) is 0 Å². The number of hydrogen-bond donors (Lipinski definition) is 2. The first-order valence-corrected chi connectivity index (χ1v) is 9.34. The van der Waals surface area contributed by atoms with Crippen molar-refractivity contribution >= 4 is 34.1 Å². The van der Waals surface area contributed by atoms with Crippen LogP contribution in [0, 0.1) is 6.92 Å². The van der Waals surface area contributed by atoms with Crippen LogP contribution in [0.5, 0.6) is 0 Å². The van der Waals surface area contributed by atoms with E-state index in [0.29, 0.717) is 22.2 Å². The van der Waals surface area contributed by atoms with Crippen LogP contribution in [0.2, 0.25) is 0 Å². The Bertz CT molecular complexity index is 922. The Morgan fingerprint density at radius 3 is 2.73 bits per heavy atom. The molecule has 0 aliphatic carbocycles. The Kier molecular flexibility index (Phi) is 5.58. The number of rotatable bonds is 6. The number of amides is 1. The lowest BCUT2D eigenvalue weighted by atomic mass is 10.1. The van der Waals surface area contributed by atoms with Crippen LogP contribution in [0.4, 0.5) is 16.6 Å². The summed E-state index contributed by atoms with van der Waals surface area (Å²) in [6, 6.07) is 9.68. The molecule has 0 unspecified atom stereocenters. The Hall–Kier alpha value is -2.80. The minimum Gasteiger partial charge on any atom is -0.322 e. The van der Waals surface area contributed by atoms with Gasteiger partial charge in [-0.25, -0.2) is 9.97 Å². The van der Waals surface area contributed by atoms with Gasteiger partial charge in [-0.05, 0) is 49.0 Å². The molecule has 0 saturated heterocycles. The first-order valence-electron chi connectivity index (χ1n) is 8.56. The average molecular weight is 367 g/mol. The van der Waals surface area contributed by atoms with Gasteiger partial charge in [0.2, 0.25) is 5.95 Å². The molecule has 7 heteroatoms. The minimum absolute atomic E-state index is 0.189. The second-order valence-electron chi connectivity index (χ2n) is 5.79. The van der Waals surface area contributed by atoms with E-state index < -0.39 is 0 Å². The van der Waals surface area contributed by atoms with E-state index in [0.717, 1.165) is 29.8 Å². The van der Waals surface area contributed by atoms with Crippen molar-refractivity contribution in [3.05, 3.63) is 59.0 Å². The van der Waals surface area contributed by atoms with Crippen molar-refractivity contribution in [1.82, 2.24) is 14.3 Å². The van der Waals surface area contributed by atoms with Gasteiger partial charge in [0.1, 0.15) is 5.00 Å². The van der Waals surface area contributed by atoms with Gasteiger partial charge in [0.15, 0.2) is 0 Å². The van der Waals surface area contributed by atoms with E-state index in [4.69, 9.17) is 0 Å². The summed E-state index contributed by atoms with van der Waals surface area (Å²) in [7, 11) is 0. The van der Waals surface area contributed by atoms with E-state index in [1.165, 1.54) is 11.5 Å². The SMILES string of the molecule is CCc1ccnc(Nc2snc(C)c2C(=O)Nc2ccccc2CC)n1. The average Bonchev–Trinajstić information content (AvgIpc) is 3.02. The summed E-state index contributed by atoms with van der Waals surface area (Å²) in [5.41, 5.74) is 4.05. The Balaban J connectivity index is 1.86. The molecule has 2 heterocycles. The first kappa shape index (κ1) is 18.0. The van der Waals surface area contributed by atoms with Gasteiger partial charge in [0.05, 0.1) is 11.3 Å². The molecule has 2 aromatic heterocycles. The Morgan fingerprint density at radius 2 is 1.96 bits per heavy atom. The molecule has 1 amide bonds. The number of aromatic nitrogens is 3. The highest BCUT2D eigenvalue weighted by atomic mass is 32.1. The molecular formula is C19H21N5OS. The fourth-order valence-corrected chi connectivity index (χ4v) is 3.40. The third-order valence-electron chi connectivity index (χ3n) is 4.04. The number of para-hydroxylation sites is 1. The van der Waals surface area contributed by atoms with Crippen LogP contribution < -0.4 is 10.6 Å². The maximum Gasteiger partial charge on any atom is 0.260 e. The monoisotopic (exact) mass is 367 g/mol. The third kappa shape index (κ3) is 3.88. The van der Waals surface area contributed by atoms with Gasteiger partial charge in [0.25, 0.3) is 5.91 Å². The number of carbonyl (C=O) groups is 1. The number of carbonyl (C=O) groups excluding carboxylic acids is 1. The molecule has 0 spiro atoms. The van der Waals surface area contributed by atoms with Crippen LogP contribution in [-0.4, -0.2) is 20.2 Å². The zero-order chi connectivity index (χ0) is 18.5. The second kappa shape index (κ2) is 8.05. The van der Waals surface area contributed by atoms with Crippen molar-refractivity contribution in [2.45, 2.75) is 33.6 Å². The predicted molar refractivity (Wildman–Crippen MR) is 105 cm³/mol. The standard InChI is InChI=1S/C19H21N5OS/c1-4-13-8-6-7-9-15(13)22-17(25)16-12(3)24-26-18(16)23-19-20-11-10-14(5-2)21-19/h6-11H,4-5H2,1-3H3,(H,22,25)(H,20,21,23). The molecule has 0 atom stereocenters. The fraction of sp³-hybridized carbons (Fsp3) is 0.263. The molecule has 2 N–H and O–H groups in total. The van der Waals surface area contributed by atoms with Gasteiger partial charge >= 0.3 is 0 Å². The molecule has 0 saturated carbocycles. The summed E-state index contributed by atoms with van der Waals surface area (Å²) in [4.78, 5) is 21.5. The lowest BCUT2D eigenvalue weighted by Gasteiger charge is -2.11. The van der Waals surface area contributed by atoms with Crippen LogP contribution in [0.15, 0.2) is 36.5 Å². The maximum atomic E-state index is 12.9. The molecule has 3 rings (SSSR count). The Morgan fingerprint density at radius 1 is 1.15 bits per heavy atom. The van der Waals surface area contributed by atoms with Crippen LogP contribution in [0.3, 0.4) is 0 Å². The zero-order valence-electron chi connectivity index (χ0n) is 15.0. The number of benzene rings is 1. The smallest absolute Gasteiger partial charge is 0.260 e. The van der Waals surface area contributed by atoms with Gasteiger partial charge in [-0.1, -0.05) is 32.0 Å². The molecule has 0 fully saturated rings. The first-order chi connectivity index (χ1) is 12.6. The molecule has 134 valence electrons. The lowest BCUT2D eigenvalue weighted by molar-refractivity contribution is 0.102. The molecule has 26 heavy (non-hydrogen) atoms. The van der Waals surface area contributed by atoms with E-state index in [1.54, 1.807) is 6.20 Å².